The molecule has 2 saturated heterocycles. The molecule has 2 aromatic carbocycles. The van der Waals surface area contributed by atoms with E-state index in [9.17, 15) is 24.6 Å². The maximum Gasteiger partial charge on any atom is 0.344 e. The van der Waals surface area contributed by atoms with E-state index in [0.717, 1.165) is 26.9 Å². The third-order valence-electron chi connectivity index (χ3n) is 16.4. The van der Waals surface area contributed by atoms with E-state index in [1.165, 1.54) is 32.9 Å². The van der Waals surface area contributed by atoms with Gasteiger partial charge in [-0.25, -0.2) is 4.79 Å². The SMILES string of the molecule is CC[C@]1(O)C[C@H]2CN(CCc3c([nH]c4ccc(SCC(=O)OC(C)(C)C)cc34)[C@@](C(=O)OC)(c3cc4c(cc3OC)N(C)[C@H]3[C@@](O)(C(=O)OC)[C@H](OC(C)=O)[C@]5(CC)C=CCN6CC[C@]43[C@@H]65)C2)C1. The minimum absolute atomic E-state index is 0.121. The summed E-state index contributed by atoms with van der Waals surface area (Å²) in [6.07, 6.45) is 5.55. The maximum absolute atomic E-state index is 15.6. The summed E-state index contributed by atoms with van der Waals surface area (Å²) in [6.45, 7) is 13.9. The Bertz CT molecular complexity index is 2570. The molecule has 15 nitrogen and oxygen atoms in total. The number of carbonyl (C=O) groups excluding carboxylic acids is 4. The van der Waals surface area contributed by atoms with Crippen molar-refractivity contribution in [3.05, 3.63) is 64.9 Å². The number of rotatable bonds is 10. The monoisotopic (exact) mass is 956 g/mol. The molecule has 3 aromatic rings. The van der Waals surface area contributed by atoms with E-state index in [4.69, 9.17) is 23.7 Å². The molecule has 1 saturated carbocycles. The fourth-order valence-electron chi connectivity index (χ4n) is 14.1. The molecule has 1 aliphatic carbocycles. The Morgan fingerprint density at radius 1 is 0.941 bits per heavy atom. The van der Waals surface area contributed by atoms with E-state index in [1.807, 2.05) is 76.9 Å². The summed E-state index contributed by atoms with van der Waals surface area (Å²) < 4.78 is 29.8. The number of ether oxygens (including phenoxy) is 5. The molecule has 1 unspecified atom stereocenters. The number of aliphatic hydroxyl groups is 2. The number of methoxy groups -OCH3 is 3. The molecule has 6 heterocycles. The molecule has 1 aromatic heterocycles. The third-order valence-corrected chi connectivity index (χ3v) is 17.4. The first-order valence-electron chi connectivity index (χ1n) is 24.1. The van der Waals surface area contributed by atoms with Gasteiger partial charge in [-0.2, -0.15) is 0 Å². The van der Waals surface area contributed by atoms with Crippen molar-refractivity contribution in [1.82, 2.24) is 14.8 Å². The van der Waals surface area contributed by atoms with E-state index in [0.29, 0.717) is 87.5 Å². The van der Waals surface area contributed by atoms with Gasteiger partial charge in [0.25, 0.3) is 0 Å². The van der Waals surface area contributed by atoms with Crippen LogP contribution in [0.3, 0.4) is 0 Å². The lowest BCUT2D eigenvalue weighted by molar-refractivity contribution is -0.228. The molecule has 3 fully saturated rings. The Labute approximate surface area is 403 Å². The van der Waals surface area contributed by atoms with Gasteiger partial charge in [-0.1, -0.05) is 26.0 Å². The van der Waals surface area contributed by atoms with E-state index in [2.05, 4.69) is 26.9 Å². The second-order valence-corrected chi connectivity index (χ2v) is 22.3. The van der Waals surface area contributed by atoms with Gasteiger partial charge in [0, 0.05) is 95.8 Å². The maximum atomic E-state index is 15.6. The van der Waals surface area contributed by atoms with Gasteiger partial charge in [-0.3, -0.25) is 24.2 Å². The summed E-state index contributed by atoms with van der Waals surface area (Å²) in [4.78, 5) is 67.4. The number of H-pyrrole nitrogens is 1. The summed E-state index contributed by atoms with van der Waals surface area (Å²) in [5, 5.41) is 26.5. The summed E-state index contributed by atoms with van der Waals surface area (Å²) in [5.74, 6) is -1.97. The molecule has 1 spiro atoms. The van der Waals surface area contributed by atoms with Gasteiger partial charge in [0.15, 0.2) is 6.10 Å². The summed E-state index contributed by atoms with van der Waals surface area (Å²) in [6, 6.07) is 8.72. The largest absolute Gasteiger partial charge is 0.496 e. The Balaban J connectivity index is 1.31. The number of thioether (sulfide) groups is 1. The van der Waals surface area contributed by atoms with Gasteiger partial charge >= 0.3 is 23.9 Å². The summed E-state index contributed by atoms with van der Waals surface area (Å²) >= 11 is 1.39. The second-order valence-electron chi connectivity index (χ2n) is 21.2. The molecule has 9 rings (SSSR count). The number of benzene rings is 2. The molecule has 2 bridgehead atoms. The van der Waals surface area contributed by atoms with Crippen molar-refractivity contribution >= 4 is 52.2 Å². The Morgan fingerprint density at radius 3 is 2.35 bits per heavy atom. The van der Waals surface area contributed by atoms with Crippen molar-refractivity contribution in [2.24, 2.45) is 11.3 Å². The molecule has 3 N–H and O–H groups in total. The standard InChI is InChI=1S/C52H68N4O11S/c1-11-48(61)25-31-26-51(45(59)64-9,41-33(16-20-55(27-31)29-48)34-22-32(14-15-37(34)53-41)68-28-40(58)67-47(4,5)6)36-23-35-38(24-39(36)63-8)54(7)43-50(35)18-21-56-19-13-17-49(12-2,42(50)56)44(66-30(3)57)52(43,62)46(60)65-10/h13-15,17,22-24,31,42-44,53,61-62H,11-12,16,18-21,25-29H2,1-10H3/t31-,42+,43-,44-,48+,49-,50-,51+,52+/m1/s1. The number of piperidine rings is 1. The lowest BCUT2D eigenvalue weighted by atomic mass is 9.47. The third kappa shape index (κ3) is 7.11. The highest BCUT2D eigenvalue weighted by Crippen LogP contribution is 2.68. The number of nitrogens with one attached hydrogen (secondary N) is 1. The van der Waals surface area contributed by atoms with Crippen molar-refractivity contribution in [3.63, 3.8) is 0 Å². The molecule has 68 heavy (non-hydrogen) atoms. The van der Waals surface area contributed by atoms with Crippen molar-refractivity contribution in [3.8, 4) is 5.75 Å². The van der Waals surface area contributed by atoms with Crippen LogP contribution in [0.5, 0.6) is 5.75 Å². The van der Waals surface area contributed by atoms with Crippen LogP contribution in [0, 0.1) is 11.3 Å². The topological polar surface area (TPSA) is 180 Å². The zero-order valence-electron chi connectivity index (χ0n) is 41.2. The van der Waals surface area contributed by atoms with Crippen LogP contribution in [-0.4, -0.2) is 151 Å². The molecule has 10 atom stereocenters. The van der Waals surface area contributed by atoms with Crippen molar-refractivity contribution in [1.29, 1.82) is 0 Å². The van der Waals surface area contributed by atoms with Crippen LogP contribution in [-0.2, 0) is 55.4 Å². The van der Waals surface area contributed by atoms with Crippen LogP contribution in [0.25, 0.3) is 10.9 Å². The highest BCUT2D eigenvalue weighted by atomic mass is 32.2. The second kappa shape index (κ2) is 17.1. The number of likely N-dealkylation sites (N-methyl/N-ethyl adjacent to an activating group) is 1. The highest BCUT2D eigenvalue weighted by Gasteiger charge is 2.80. The van der Waals surface area contributed by atoms with Crippen LogP contribution >= 0.6 is 11.8 Å². The zero-order chi connectivity index (χ0) is 48.9. The zero-order valence-corrected chi connectivity index (χ0v) is 42.0. The van der Waals surface area contributed by atoms with Gasteiger partial charge in [-0.15, -0.1) is 11.8 Å². The van der Waals surface area contributed by atoms with Crippen LogP contribution in [0.2, 0.25) is 0 Å². The van der Waals surface area contributed by atoms with Gasteiger partial charge in [-0.05, 0) is 107 Å². The minimum atomic E-state index is -2.34. The Hall–Kier alpha value is -4.61. The van der Waals surface area contributed by atoms with E-state index >= 15 is 4.79 Å². The van der Waals surface area contributed by atoms with Crippen LogP contribution in [0.1, 0.15) is 96.0 Å². The number of anilines is 1. The predicted molar refractivity (Wildman–Crippen MR) is 257 cm³/mol. The van der Waals surface area contributed by atoms with E-state index in [-0.39, 0.29) is 30.1 Å². The number of hydrogen-bond acceptors (Lipinski definition) is 15. The summed E-state index contributed by atoms with van der Waals surface area (Å²) in [7, 11) is 6.08. The average molecular weight is 957 g/mol. The number of hydrogen-bond donors (Lipinski definition) is 3. The molecule has 368 valence electrons. The predicted octanol–water partition coefficient (Wildman–Crippen LogP) is 5.42. The minimum Gasteiger partial charge on any atom is -0.496 e. The number of carbonyl (C=O) groups is 4. The fraction of sp³-hybridized carbons (Fsp3) is 0.615. The lowest BCUT2D eigenvalue weighted by Gasteiger charge is -2.63. The van der Waals surface area contributed by atoms with Gasteiger partial charge in [0.2, 0.25) is 5.60 Å². The molecule has 6 aliphatic rings. The number of nitrogens with zero attached hydrogens (tertiary/aromatic N) is 3. The average Bonchev–Trinajstić information content (AvgIpc) is 3.96. The quantitative estimate of drug-likeness (QED) is 0.101. The first kappa shape index (κ1) is 48.4. The number of fused-ring (bicyclic) bond motifs is 6. The van der Waals surface area contributed by atoms with Gasteiger partial charge in [0.1, 0.15) is 16.8 Å². The molecular weight excluding hydrogens is 889 g/mol. The normalized spacial score (nSPS) is 33.8. The lowest BCUT2D eigenvalue weighted by Crippen LogP contribution is -2.81. The Kier molecular flexibility index (Phi) is 12.1. The van der Waals surface area contributed by atoms with Gasteiger partial charge in [0.05, 0.1) is 38.7 Å². The van der Waals surface area contributed by atoms with E-state index in [1.54, 1.807) is 7.11 Å². The smallest absolute Gasteiger partial charge is 0.344 e. The van der Waals surface area contributed by atoms with Crippen LogP contribution in [0.15, 0.2) is 47.4 Å². The molecule has 0 radical (unpaired) electrons. The number of esters is 4. The molecule has 0 amide bonds. The molecule has 16 heteroatoms. The van der Waals surface area contributed by atoms with Crippen molar-refractivity contribution < 1.29 is 53.1 Å². The van der Waals surface area contributed by atoms with E-state index < -0.39 is 63.1 Å². The van der Waals surface area contributed by atoms with Crippen LogP contribution in [0.4, 0.5) is 5.69 Å². The molecule has 5 aliphatic heterocycles. The fourth-order valence-corrected chi connectivity index (χ4v) is 14.8. The number of aromatic amines is 1. The van der Waals surface area contributed by atoms with Crippen LogP contribution < -0.4 is 9.64 Å². The molecular formula is C52H68N4O11S. The van der Waals surface area contributed by atoms with Crippen molar-refractivity contribution in [2.45, 2.75) is 131 Å². The van der Waals surface area contributed by atoms with Gasteiger partial charge < -0.3 is 43.8 Å². The first-order chi connectivity index (χ1) is 32.2. The van der Waals surface area contributed by atoms with Crippen molar-refractivity contribution in [2.75, 3.05) is 71.8 Å². The summed E-state index contributed by atoms with van der Waals surface area (Å²) in [5.41, 5.74) is -2.96. The Morgan fingerprint density at radius 2 is 1.69 bits per heavy atom. The highest BCUT2D eigenvalue weighted by molar-refractivity contribution is 8.00. The number of aromatic nitrogens is 1. The first-order valence-corrected chi connectivity index (χ1v) is 25.1.